The fourth-order valence-corrected chi connectivity index (χ4v) is 3.93. The minimum absolute atomic E-state index is 0.217. The summed E-state index contributed by atoms with van der Waals surface area (Å²) in [6.45, 7) is 0.269. The highest BCUT2D eigenvalue weighted by molar-refractivity contribution is 7.90. The molecule has 0 N–H and O–H groups in total. The van der Waals surface area contributed by atoms with Crippen molar-refractivity contribution in [1.29, 1.82) is 0 Å². The Kier molecular flexibility index (Phi) is 6.24. The Balaban J connectivity index is 1.58. The lowest BCUT2D eigenvalue weighted by atomic mass is 10.1. The molecule has 0 saturated carbocycles. The fraction of sp³-hybridized carbons (Fsp3) is 0.160. The topological polar surface area (TPSA) is 91.2 Å². The van der Waals surface area contributed by atoms with Crippen molar-refractivity contribution >= 4 is 20.7 Å². The van der Waals surface area contributed by atoms with Crippen LogP contribution in [-0.4, -0.2) is 36.3 Å². The minimum Gasteiger partial charge on any atom is -0.497 e. The van der Waals surface area contributed by atoms with Gasteiger partial charge in [0.25, 0.3) is 5.56 Å². The van der Waals surface area contributed by atoms with Crippen LogP contribution in [0, 0.1) is 11.8 Å². The quantitative estimate of drug-likeness (QED) is 0.426. The van der Waals surface area contributed by atoms with Gasteiger partial charge in [-0.1, -0.05) is 30.2 Å². The van der Waals surface area contributed by atoms with Crippen LogP contribution in [0.1, 0.15) is 16.8 Å². The first-order valence-electron chi connectivity index (χ1n) is 10.1. The first-order valence-corrected chi connectivity index (χ1v) is 12.0. The van der Waals surface area contributed by atoms with E-state index in [1.807, 2.05) is 24.3 Å². The molecule has 7 nitrogen and oxygen atoms in total. The molecule has 0 fully saturated rings. The SMILES string of the molecule is COc1cccc(CC#Cc2cc3c(=O)n(Cc4ccc(S(C)(=O)=O)cc4)cnc3cn2)c1. The number of hydrogen-bond acceptors (Lipinski definition) is 6. The maximum Gasteiger partial charge on any atom is 0.261 e. The Morgan fingerprint density at radius 2 is 1.82 bits per heavy atom. The highest BCUT2D eigenvalue weighted by atomic mass is 32.2. The predicted octanol–water partition coefficient (Wildman–Crippen LogP) is 2.85. The second kappa shape index (κ2) is 9.27. The summed E-state index contributed by atoms with van der Waals surface area (Å²) in [7, 11) is -1.65. The van der Waals surface area contributed by atoms with E-state index in [4.69, 9.17) is 4.74 Å². The van der Waals surface area contributed by atoms with Crippen LogP contribution in [0.5, 0.6) is 5.75 Å². The summed E-state index contributed by atoms with van der Waals surface area (Å²) in [6, 6.07) is 15.8. The summed E-state index contributed by atoms with van der Waals surface area (Å²) < 4.78 is 30.0. The van der Waals surface area contributed by atoms with Crippen molar-refractivity contribution in [1.82, 2.24) is 14.5 Å². The molecule has 4 aromatic rings. The molecule has 0 bridgehead atoms. The molecule has 0 spiro atoms. The Bertz CT molecular complexity index is 1550. The maximum atomic E-state index is 13.0. The summed E-state index contributed by atoms with van der Waals surface area (Å²) in [5.41, 5.74) is 2.57. The third-order valence-electron chi connectivity index (χ3n) is 5.06. The van der Waals surface area contributed by atoms with Gasteiger partial charge in [0.15, 0.2) is 9.84 Å². The van der Waals surface area contributed by atoms with Crippen molar-refractivity contribution in [2.75, 3.05) is 13.4 Å². The number of fused-ring (bicyclic) bond motifs is 1. The van der Waals surface area contributed by atoms with Crippen LogP contribution < -0.4 is 10.3 Å². The van der Waals surface area contributed by atoms with Crippen molar-refractivity contribution in [2.45, 2.75) is 17.9 Å². The van der Waals surface area contributed by atoms with E-state index in [2.05, 4.69) is 21.8 Å². The Labute approximate surface area is 191 Å². The van der Waals surface area contributed by atoms with E-state index in [-0.39, 0.29) is 17.0 Å². The number of benzene rings is 2. The van der Waals surface area contributed by atoms with Gasteiger partial charge in [-0.2, -0.15) is 0 Å². The molecule has 2 aromatic heterocycles. The van der Waals surface area contributed by atoms with Crippen molar-refractivity contribution in [3.8, 4) is 17.6 Å². The molecule has 33 heavy (non-hydrogen) atoms. The highest BCUT2D eigenvalue weighted by Gasteiger charge is 2.09. The van der Waals surface area contributed by atoms with Gasteiger partial charge in [0.1, 0.15) is 11.4 Å². The lowest BCUT2D eigenvalue weighted by Crippen LogP contribution is -2.21. The van der Waals surface area contributed by atoms with Gasteiger partial charge in [0.2, 0.25) is 0 Å². The number of pyridine rings is 1. The molecule has 2 aromatic carbocycles. The van der Waals surface area contributed by atoms with E-state index in [1.165, 1.54) is 29.2 Å². The average Bonchev–Trinajstić information content (AvgIpc) is 2.81. The van der Waals surface area contributed by atoms with Crippen LogP contribution in [0.4, 0.5) is 0 Å². The first kappa shape index (κ1) is 22.2. The van der Waals surface area contributed by atoms with E-state index < -0.39 is 9.84 Å². The second-order valence-corrected chi connectivity index (χ2v) is 9.53. The van der Waals surface area contributed by atoms with E-state index in [0.717, 1.165) is 23.1 Å². The molecule has 0 saturated heterocycles. The van der Waals surface area contributed by atoms with Gasteiger partial charge in [-0.25, -0.2) is 18.4 Å². The number of aromatic nitrogens is 3. The van der Waals surface area contributed by atoms with E-state index in [9.17, 15) is 13.2 Å². The second-order valence-electron chi connectivity index (χ2n) is 7.51. The maximum absolute atomic E-state index is 13.0. The highest BCUT2D eigenvalue weighted by Crippen LogP contribution is 2.14. The standard InChI is InChI=1S/C25H21N3O4S/c1-32-21-8-4-6-18(13-21)5-3-7-20-14-23-24(15-26-20)27-17-28(25(23)29)16-19-9-11-22(12-10-19)33(2,30)31/h4,6,8-15,17H,5,16H2,1-2H3. The summed E-state index contributed by atoms with van der Waals surface area (Å²) in [6.07, 6.45) is 4.69. The first-order chi connectivity index (χ1) is 15.8. The molecule has 166 valence electrons. The predicted molar refractivity (Wildman–Crippen MR) is 126 cm³/mol. The number of nitrogens with zero attached hydrogens (tertiary/aromatic N) is 3. The van der Waals surface area contributed by atoms with Crippen molar-refractivity contribution < 1.29 is 13.2 Å². The van der Waals surface area contributed by atoms with E-state index in [0.29, 0.717) is 23.0 Å². The number of sulfone groups is 1. The van der Waals surface area contributed by atoms with Gasteiger partial charge < -0.3 is 4.74 Å². The molecule has 0 unspecified atom stereocenters. The molecule has 0 aliphatic carbocycles. The zero-order valence-corrected chi connectivity index (χ0v) is 19.0. The van der Waals surface area contributed by atoms with Gasteiger partial charge in [0, 0.05) is 12.7 Å². The zero-order chi connectivity index (χ0) is 23.4. The van der Waals surface area contributed by atoms with E-state index >= 15 is 0 Å². The summed E-state index contributed by atoms with van der Waals surface area (Å²) in [5, 5.41) is 0.422. The largest absolute Gasteiger partial charge is 0.497 e. The summed E-state index contributed by atoms with van der Waals surface area (Å²) >= 11 is 0. The molecule has 0 aliphatic heterocycles. The van der Waals surface area contributed by atoms with Gasteiger partial charge in [0.05, 0.1) is 42.0 Å². The Morgan fingerprint density at radius 3 is 2.55 bits per heavy atom. The molecule has 8 heteroatoms. The summed E-state index contributed by atoms with van der Waals surface area (Å²) in [5.74, 6) is 6.86. The molecular weight excluding hydrogens is 438 g/mol. The molecule has 2 heterocycles. The molecule has 0 radical (unpaired) electrons. The third kappa shape index (κ3) is 5.27. The Hall–Kier alpha value is -3.96. The number of hydrogen-bond donors (Lipinski definition) is 0. The number of ether oxygens (including phenoxy) is 1. The normalized spacial score (nSPS) is 11.1. The number of methoxy groups -OCH3 is 1. The monoisotopic (exact) mass is 459 g/mol. The molecule has 0 aliphatic rings. The fourth-order valence-electron chi connectivity index (χ4n) is 3.30. The van der Waals surface area contributed by atoms with Gasteiger partial charge in [-0.3, -0.25) is 9.36 Å². The van der Waals surface area contributed by atoms with Crippen molar-refractivity contribution in [3.63, 3.8) is 0 Å². The van der Waals surface area contributed by atoms with Crippen LogP contribution in [0.15, 0.2) is 76.8 Å². The third-order valence-corrected chi connectivity index (χ3v) is 6.19. The van der Waals surface area contributed by atoms with Crippen LogP contribution in [0.3, 0.4) is 0 Å². The van der Waals surface area contributed by atoms with Gasteiger partial charge >= 0.3 is 0 Å². The summed E-state index contributed by atoms with van der Waals surface area (Å²) in [4.78, 5) is 21.9. The van der Waals surface area contributed by atoms with E-state index in [1.54, 1.807) is 25.3 Å². The molecular formula is C25H21N3O4S. The van der Waals surface area contributed by atoms with Crippen LogP contribution in [0.2, 0.25) is 0 Å². The van der Waals surface area contributed by atoms with Crippen molar-refractivity contribution in [3.05, 3.63) is 94.3 Å². The zero-order valence-electron chi connectivity index (χ0n) is 18.1. The Morgan fingerprint density at radius 1 is 1.03 bits per heavy atom. The number of rotatable bonds is 5. The average molecular weight is 460 g/mol. The lowest BCUT2D eigenvalue weighted by Gasteiger charge is -2.07. The molecule has 4 rings (SSSR count). The smallest absolute Gasteiger partial charge is 0.261 e. The molecule has 0 atom stereocenters. The lowest BCUT2D eigenvalue weighted by molar-refractivity contribution is 0.414. The van der Waals surface area contributed by atoms with Gasteiger partial charge in [-0.05, 0) is 47.4 Å². The van der Waals surface area contributed by atoms with Crippen molar-refractivity contribution in [2.24, 2.45) is 0 Å². The van der Waals surface area contributed by atoms with Crippen LogP contribution >= 0.6 is 0 Å². The van der Waals surface area contributed by atoms with Gasteiger partial charge in [-0.15, -0.1) is 0 Å². The van der Waals surface area contributed by atoms with Crippen LogP contribution in [0.25, 0.3) is 10.9 Å². The minimum atomic E-state index is -3.27. The van der Waals surface area contributed by atoms with Crippen LogP contribution in [-0.2, 0) is 22.8 Å². The molecule has 0 amide bonds.